The number of aromatic carboxylic acids is 1. The van der Waals surface area contributed by atoms with E-state index in [1.807, 2.05) is 0 Å². The summed E-state index contributed by atoms with van der Waals surface area (Å²) < 4.78 is 3.16. The molecule has 0 bridgehead atoms. The molecule has 4 rings (SSSR count). The van der Waals surface area contributed by atoms with Crippen molar-refractivity contribution in [1.29, 1.82) is 0 Å². The van der Waals surface area contributed by atoms with Gasteiger partial charge in [0.1, 0.15) is 6.33 Å². The fourth-order valence-corrected chi connectivity index (χ4v) is 2.38. The molecule has 0 saturated carbocycles. The van der Waals surface area contributed by atoms with E-state index in [9.17, 15) is 14.7 Å². The third-order valence-corrected chi connectivity index (χ3v) is 3.77. The Bertz CT molecular complexity index is 1130. The molecule has 28 heavy (non-hydrogen) atoms. The number of carbonyl (C=O) groups is 1. The summed E-state index contributed by atoms with van der Waals surface area (Å²) in [6, 6.07) is 7.55. The number of aryl methyl sites for hydroxylation is 1. The Hall–Kier alpha value is -1.79. The predicted octanol–water partition coefficient (Wildman–Crippen LogP) is -3.57. The topological polar surface area (TPSA) is 120 Å². The average Bonchev–Trinajstić information content (AvgIpc) is 3.23. The molecule has 0 N–H and O–H groups in total. The molecule has 0 aliphatic heterocycles. The molecular formula is C16H11AuN6NaO3S-2. The third kappa shape index (κ3) is 5.39. The first kappa shape index (κ1) is 24.2. The Balaban J connectivity index is 0.000000271. The third-order valence-electron chi connectivity index (χ3n) is 3.49. The number of hydrogen-bond donors (Lipinski definition) is 0. The van der Waals surface area contributed by atoms with Gasteiger partial charge in [-0.1, -0.05) is 18.3 Å². The van der Waals surface area contributed by atoms with E-state index in [1.165, 1.54) is 36.9 Å². The van der Waals surface area contributed by atoms with Crippen LogP contribution in [0.4, 0.5) is 0 Å². The van der Waals surface area contributed by atoms with Crippen LogP contribution in [0.3, 0.4) is 0 Å². The number of hydrogen-bond acceptors (Lipinski definition) is 7. The summed E-state index contributed by atoms with van der Waals surface area (Å²) in [6.45, 7) is 0. The van der Waals surface area contributed by atoms with Gasteiger partial charge in [-0.3, -0.25) is 9.89 Å². The molecular weight excluding hydrogens is 576 g/mol. The molecule has 1 aromatic carbocycles. The van der Waals surface area contributed by atoms with Gasteiger partial charge in [0.05, 0.1) is 5.97 Å². The van der Waals surface area contributed by atoms with Crippen molar-refractivity contribution in [2.75, 3.05) is 0 Å². The molecule has 0 aliphatic carbocycles. The molecule has 0 aliphatic rings. The average molecular weight is 587 g/mol. The Morgan fingerprint density at radius 1 is 1.21 bits per heavy atom. The second-order valence-corrected chi connectivity index (χ2v) is 5.50. The van der Waals surface area contributed by atoms with Crippen molar-refractivity contribution in [2.24, 2.45) is 7.05 Å². The van der Waals surface area contributed by atoms with Crippen LogP contribution in [0.25, 0.3) is 16.7 Å². The number of aromatic nitrogens is 6. The van der Waals surface area contributed by atoms with Crippen molar-refractivity contribution in [3.8, 4) is 5.69 Å². The molecule has 0 unspecified atom stereocenters. The van der Waals surface area contributed by atoms with Gasteiger partial charge in [0.15, 0.2) is 5.43 Å². The molecule has 12 heteroatoms. The quantitative estimate of drug-likeness (QED) is 0.175. The molecule has 4 aromatic rings. The van der Waals surface area contributed by atoms with Crippen LogP contribution in [0.2, 0.25) is 0 Å². The zero-order valence-electron chi connectivity index (χ0n) is 14.7. The Morgan fingerprint density at radius 2 is 1.89 bits per heavy atom. The first-order valence-corrected chi connectivity index (χ1v) is 7.70. The number of pyridine rings is 1. The molecule has 1 radical (unpaired) electrons. The minimum Gasteiger partial charge on any atom is -0.740 e. The zero-order valence-corrected chi connectivity index (χ0v) is 19.7. The Kier molecular flexibility index (Phi) is 9.24. The summed E-state index contributed by atoms with van der Waals surface area (Å²) in [5.41, 5.74) is 1.45. The van der Waals surface area contributed by atoms with Gasteiger partial charge < -0.3 is 36.8 Å². The summed E-state index contributed by atoms with van der Waals surface area (Å²) >= 11 is 4.91. The normalized spacial score (nSPS) is 9.61. The van der Waals surface area contributed by atoms with Gasteiger partial charge in [0, 0.05) is 44.8 Å². The van der Waals surface area contributed by atoms with E-state index in [4.69, 9.17) is 12.6 Å². The number of carboxylic acid groups (broad SMARTS) is 1. The van der Waals surface area contributed by atoms with Crippen LogP contribution in [0.1, 0.15) is 10.4 Å². The van der Waals surface area contributed by atoms with Gasteiger partial charge >= 0.3 is 29.6 Å². The van der Waals surface area contributed by atoms with Crippen molar-refractivity contribution in [3.63, 3.8) is 0 Å². The molecule has 0 fully saturated rings. The van der Waals surface area contributed by atoms with Crippen molar-refractivity contribution < 1.29 is 61.8 Å². The van der Waals surface area contributed by atoms with E-state index >= 15 is 0 Å². The number of nitrogens with zero attached hydrogens (tertiary/aromatic N) is 6. The van der Waals surface area contributed by atoms with E-state index in [0.717, 1.165) is 5.69 Å². The van der Waals surface area contributed by atoms with Gasteiger partial charge in [-0.05, 0) is 36.5 Å². The minimum absolute atomic E-state index is 0. The van der Waals surface area contributed by atoms with E-state index < -0.39 is 5.97 Å². The minimum atomic E-state index is -1.20. The summed E-state index contributed by atoms with van der Waals surface area (Å²) in [7, 11) is 1.76. The monoisotopic (exact) mass is 587 g/mol. The first-order chi connectivity index (χ1) is 12.5. The van der Waals surface area contributed by atoms with Gasteiger partial charge in [0.25, 0.3) is 0 Å². The number of fused-ring (bicyclic) bond motifs is 1. The summed E-state index contributed by atoms with van der Waals surface area (Å²) in [6.07, 6.45) is 4.49. The summed E-state index contributed by atoms with van der Waals surface area (Å²) in [5.74, 6) is -1.20. The van der Waals surface area contributed by atoms with Crippen molar-refractivity contribution >= 4 is 29.6 Å². The van der Waals surface area contributed by atoms with Crippen LogP contribution >= 0.6 is 0 Å². The number of carboxylic acids is 1. The zero-order chi connectivity index (χ0) is 18.7. The van der Waals surface area contributed by atoms with E-state index in [0.29, 0.717) is 16.2 Å². The molecule has 3 heterocycles. The smallest absolute Gasteiger partial charge is 0.740 e. The SMILES string of the molecule is Cn1ncc2c(=O)cc[n-]c21.O=C([O-])c1ccc(-n2cnnc2[S-])cc1.[Au].[Na+]. The number of benzene rings is 1. The summed E-state index contributed by atoms with van der Waals surface area (Å²) in [4.78, 5) is 25.6. The Morgan fingerprint density at radius 3 is 2.43 bits per heavy atom. The van der Waals surface area contributed by atoms with Gasteiger partial charge in [0.2, 0.25) is 0 Å². The maximum absolute atomic E-state index is 11.1. The standard InChI is InChI=1S/C9H7N3O2S.C7H7N3O.Au.Na/c13-8(14)6-1-3-7(4-2-6)12-5-10-11-9(12)15;1-10-7-5(4-9-10)6(11)2-3-8-7;;/h1-5H,(H,11,15)(H,13,14);2-4H,1H3,(H,8,9,11);;/q;;;+1/p-3. The van der Waals surface area contributed by atoms with Crippen LogP contribution < -0.4 is 45.1 Å². The van der Waals surface area contributed by atoms with Crippen LogP contribution in [-0.4, -0.2) is 30.5 Å². The fraction of sp³-hybridized carbons (Fsp3) is 0.0625. The molecule has 0 saturated heterocycles. The van der Waals surface area contributed by atoms with Gasteiger partial charge in [-0.15, -0.1) is 5.10 Å². The Labute approximate surface area is 202 Å². The van der Waals surface area contributed by atoms with Crippen LogP contribution in [-0.2, 0) is 42.1 Å². The second-order valence-electron chi connectivity index (χ2n) is 5.13. The maximum atomic E-state index is 11.1. The molecule has 9 nitrogen and oxygen atoms in total. The molecule has 143 valence electrons. The molecule has 0 atom stereocenters. The largest absolute Gasteiger partial charge is 1.00 e. The van der Waals surface area contributed by atoms with E-state index in [1.54, 1.807) is 28.4 Å². The van der Waals surface area contributed by atoms with Crippen LogP contribution in [0.15, 0.2) is 59.0 Å². The van der Waals surface area contributed by atoms with E-state index in [-0.39, 0.29) is 62.9 Å². The number of carbonyl (C=O) groups excluding carboxylic acids is 1. The number of rotatable bonds is 2. The maximum Gasteiger partial charge on any atom is 1.00 e. The predicted molar refractivity (Wildman–Crippen MR) is 91.6 cm³/mol. The fourth-order valence-electron chi connectivity index (χ4n) is 2.18. The molecule has 0 spiro atoms. The summed E-state index contributed by atoms with van der Waals surface area (Å²) in [5, 5.41) is 22.6. The van der Waals surface area contributed by atoms with Crippen molar-refractivity contribution in [1.82, 2.24) is 29.5 Å². The van der Waals surface area contributed by atoms with Gasteiger partial charge in [-0.25, -0.2) is 0 Å². The van der Waals surface area contributed by atoms with Crippen LogP contribution in [0.5, 0.6) is 0 Å². The van der Waals surface area contributed by atoms with Gasteiger partial charge in [-0.2, -0.15) is 5.10 Å². The van der Waals surface area contributed by atoms with E-state index in [2.05, 4.69) is 20.3 Å². The molecule has 0 amide bonds. The van der Waals surface area contributed by atoms with Crippen molar-refractivity contribution in [3.05, 3.63) is 64.8 Å². The first-order valence-electron chi connectivity index (χ1n) is 7.30. The second kappa shape index (κ2) is 10.7. The van der Waals surface area contributed by atoms with Crippen LogP contribution in [0, 0.1) is 0 Å². The molecule has 3 aromatic heterocycles. The van der Waals surface area contributed by atoms with Crippen molar-refractivity contribution in [2.45, 2.75) is 5.16 Å².